The number of carbonyl (C=O) groups is 1. The van der Waals surface area contributed by atoms with Gasteiger partial charge in [0, 0.05) is 30.8 Å². The number of fused-ring (bicyclic) bond motifs is 1. The smallest absolute Gasteiger partial charge is 0.161 e. The number of nitrogens with zero attached hydrogens (tertiary/aromatic N) is 1. The molecule has 2 aromatic carbocycles. The van der Waals surface area contributed by atoms with Crippen molar-refractivity contribution in [3.63, 3.8) is 0 Å². The molecule has 0 saturated carbocycles. The van der Waals surface area contributed by atoms with E-state index in [1.54, 1.807) is 32.4 Å². The highest BCUT2D eigenvalue weighted by Gasteiger charge is 2.30. The fraction of sp³-hybridized carbons (Fsp3) is 0.348. The van der Waals surface area contributed by atoms with E-state index in [9.17, 15) is 9.18 Å². The molecule has 1 unspecified atom stereocenters. The molecule has 5 heteroatoms. The van der Waals surface area contributed by atoms with Gasteiger partial charge in [-0.2, -0.15) is 0 Å². The largest absolute Gasteiger partial charge is 0.493 e. The topological polar surface area (TPSA) is 38.8 Å². The zero-order valence-corrected chi connectivity index (χ0v) is 16.8. The molecule has 0 fully saturated rings. The number of benzene rings is 2. The molecule has 0 bridgehead atoms. The lowest BCUT2D eigenvalue weighted by Gasteiger charge is -2.30. The summed E-state index contributed by atoms with van der Waals surface area (Å²) in [5, 5.41) is 0. The summed E-state index contributed by atoms with van der Waals surface area (Å²) in [5.74, 6) is 0.283. The summed E-state index contributed by atoms with van der Waals surface area (Å²) in [5.41, 5.74) is 2.95. The van der Waals surface area contributed by atoms with E-state index < -0.39 is 5.92 Å². The second kappa shape index (κ2) is 8.46. The van der Waals surface area contributed by atoms with Gasteiger partial charge < -0.3 is 14.4 Å². The van der Waals surface area contributed by atoms with Crippen molar-refractivity contribution in [2.75, 3.05) is 27.3 Å². The van der Waals surface area contributed by atoms with Crippen molar-refractivity contribution in [1.82, 2.24) is 4.90 Å². The van der Waals surface area contributed by atoms with E-state index in [-0.39, 0.29) is 11.6 Å². The standard InChI is InChI=1S/C23H26FNO3/c1-5-25-11-10-16-12-21(27-3)22(28-4)13-18(16)23(19(14-25)15(2)26)17-8-6-7-9-20(17)24/h6-9,12-14,23H,5,10-11H2,1-4H3/b19-14-. The SMILES string of the molecule is CCN1/C=C(/C(C)=O)C(c2ccccc2F)c2cc(OC)c(OC)cc2CC1. The number of halogens is 1. The van der Waals surface area contributed by atoms with E-state index in [1.807, 2.05) is 25.3 Å². The molecule has 4 nitrogen and oxygen atoms in total. The maximum atomic E-state index is 14.8. The van der Waals surface area contributed by atoms with E-state index in [1.165, 1.54) is 13.0 Å². The van der Waals surface area contributed by atoms with Gasteiger partial charge in [0.05, 0.1) is 14.2 Å². The first kappa shape index (κ1) is 19.9. The molecule has 0 aromatic heterocycles. The summed E-state index contributed by atoms with van der Waals surface area (Å²) in [4.78, 5) is 14.7. The monoisotopic (exact) mass is 383 g/mol. The Morgan fingerprint density at radius 3 is 2.43 bits per heavy atom. The van der Waals surface area contributed by atoms with Crippen LogP contribution in [0, 0.1) is 5.82 Å². The minimum absolute atomic E-state index is 0.0747. The van der Waals surface area contributed by atoms with Crippen LogP contribution in [-0.2, 0) is 11.2 Å². The second-order valence-electron chi connectivity index (χ2n) is 6.88. The highest BCUT2D eigenvalue weighted by molar-refractivity contribution is 5.95. The van der Waals surface area contributed by atoms with Gasteiger partial charge in [-0.15, -0.1) is 0 Å². The number of ketones is 1. The zero-order chi connectivity index (χ0) is 20.3. The highest BCUT2D eigenvalue weighted by Crippen LogP contribution is 2.42. The molecule has 0 amide bonds. The molecule has 0 spiro atoms. The lowest BCUT2D eigenvalue weighted by molar-refractivity contribution is -0.113. The lowest BCUT2D eigenvalue weighted by atomic mass is 9.79. The average Bonchev–Trinajstić information content (AvgIpc) is 2.69. The number of hydrogen-bond donors (Lipinski definition) is 0. The summed E-state index contributed by atoms with van der Waals surface area (Å²) in [6, 6.07) is 10.5. The van der Waals surface area contributed by atoms with Gasteiger partial charge in [0.25, 0.3) is 0 Å². The summed E-state index contributed by atoms with van der Waals surface area (Å²) < 4.78 is 25.8. The van der Waals surface area contributed by atoms with Crippen LogP contribution in [0.3, 0.4) is 0 Å². The van der Waals surface area contributed by atoms with Crippen LogP contribution < -0.4 is 9.47 Å². The molecule has 0 radical (unpaired) electrons. The maximum Gasteiger partial charge on any atom is 0.161 e. The van der Waals surface area contributed by atoms with Crippen molar-refractivity contribution in [1.29, 1.82) is 0 Å². The third-order valence-electron chi connectivity index (χ3n) is 5.29. The number of allylic oxidation sites excluding steroid dienone is 1. The molecule has 1 aliphatic heterocycles. The van der Waals surface area contributed by atoms with Gasteiger partial charge in [0.2, 0.25) is 0 Å². The molecule has 0 aliphatic carbocycles. The van der Waals surface area contributed by atoms with Crippen LogP contribution in [0.4, 0.5) is 4.39 Å². The van der Waals surface area contributed by atoms with Gasteiger partial charge in [-0.25, -0.2) is 4.39 Å². The molecule has 3 rings (SSSR count). The first-order valence-electron chi connectivity index (χ1n) is 9.46. The number of carbonyl (C=O) groups excluding carboxylic acids is 1. The predicted molar refractivity (Wildman–Crippen MR) is 108 cm³/mol. The van der Waals surface area contributed by atoms with Crippen LogP contribution in [0.25, 0.3) is 0 Å². The maximum absolute atomic E-state index is 14.8. The van der Waals surface area contributed by atoms with E-state index in [4.69, 9.17) is 9.47 Å². The fourth-order valence-electron chi connectivity index (χ4n) is 3.78. The van der Waals surface area contributed by atoms with Gasteiger partial charge in [-0.1, -0.05) is 18.2 Å². The molecule has 1 heterocycles. The first-order valence-corrected chi connectivity index (χ1v) is 9.46. The molecule has 1 aliphatic rings. The normalized spacial score (nSPS) is 18.4. The quantitative estimate of drug-likeness (QED) is 0.771. The summed E-state index contributed by atoms with van der Waals surface area (Å²) in [6.07, 6.45) is 2.65. The minimum atomic E-state index is -0.511. The Labute approximate surface area is 165 Å². The minimum Gasteiger partial charge on any atom is -0.493 e. The molecule has 0 saturated heterocycles. The molecule has 148 valence electrons. The number of likely N-dealkylation sites (N-methyl/N-ethyl adjacent to an activating group) is 1. The Hall–Kier alpha value is -2.82. The fourth-order valence-corrected chi connectivity index (χ4v) is 3.78. The Bertz CT molecular complexity index is 907. The van der Waals surface area contributed by atoms with Crippen molar-refractivity contribution in [3.05, 3.63) is 70.7 Å². The molecule has 28 heavy (non-hydrogen) atoms. The van der Waals surface area contributed by atoms with E-state index in [0.29, 0.717) is 22.6 Å². The third-order valence-corrected chi connectivity index (χ3v) is 5.29. The van der Waals surface area contributed by atoms with E-state index in [0.717, 1.165) is 30.6 Å². The zero-order valence-electron chi connectivity index (χ0n) is 16.8. The average molecular weight is 383 g/mol. The van der Waals surface area contributed by atoms with Crippen molar-refractivity contribution in [2.24, 2.45) is 0 Å². The van der Waals surface area contributed by atoms with Gasteiger partial charge in [0.15, 0.2) is 17.3 Å². The first-order chi connectivity index (χ1) is 13.5. The van der Waals surface area contributed by atoms with Crippen LogP contribution in [0.5, 0.6) is 11.5 Å². The molecular formula is C23H26FNO3. The van der Waals surface area contributed by atoms with E-state index >= 15 is 0 Å². The molecular weight excluding hydrogens is 357 g/mol. The Balaban J connectivity index is 2.33. The van der Waals surface area contributed by atoms with Crippen molar-refractivity contribution >= 4 is 5.78 Å². The molecule has 2 aromatic rings. The number of hydrogen-bond acceptors (Lipinski definition) is 4. The van der Waals surface area contributed by atoms with Crippen LogP contribution in [0.15, 0.2) is 48.2 Å². The molecule has 0 N–H and O–H groups in total. The van der Waals surface area contributed by atoms with Crippen LogP contribution in [0.1, 0.15) is 36.5 Å². The van der Waals surface area contributed by atoms with Crippen molar-refractivity contribution < 1.29 is 18.7 Å². The number of ether oxygens (including phenoxy) is 2. The Morgan fingerprint density at radius 2 is 1.82 bits per heavy atom. The van der Waals surface area contributed by atoms with Crippen molar-refractivity contribution in [2.45, 2.75) is 26.2 Å². The van der Waals surface area contributed by atoms with Crippen molar-refractivity contribution in [3.8, 4) is 11.5 Å². The van der Waals surface area contributed by atoms with Gasteiger partial charge in [-0.05, 0) is 55.2 Å². The van der Waals surface area contributed by atoms with Crippen LogP contribution >= 0.6 is 0 Å². The van der Waals surface area contributed by atoms with E-state index in [2.05, 4.69) is 4.90 Å². The second-order valence-corrected chi connectivity index (χ2v) is 6.88. The van der Waals surface area contributed by atoms with Crippen LogP contribution in [0.2, 0.25) is 0 Å². The Kier molecular flexibility index (Phi) is 6.02. The highest BCUT2D eigenvalue weighted by atomic mass is 19.1. The summed E-state index contributed by atoms with van der Waals surface area (Å²) >= 11 is 0. The number of Topliss-reactive ketones (excluding diaryl/α,β-unsaturated/α-hetero) is 1. The lowest BCUT2D eigenvalue weighted by Crippen LogP contribution is -2.27. The predicted octanol–water partition coefficient (Wildman–Crippen LogP) is 4.33. The third kappa shape index (κ3) is 3.75. The molecule has 1 atom stereocenters. The van der Waals surface area contributed by atoms with Gasteiger partial charge in [-0.3, -0.25) is 4.79 Å². The number of rotatable bonds is 5. The van der Waals surface area contributed by atoms with Gasteiger partial charge >= 0.3 is 0 Å². The van der Waals surface area contributed by atoms with Gasteiger partial charge in [0.1, 0.15) is 5.82 Å². The Morgan fingerprint density at radius 1 is 1.14 bits per heavy atom. The summed E-state index contributed by atoms with van der Waals surface area (Å²) in [6.45, 7) is 5.11. The van der Waals surface area contributed by atoms with Crippen LogP contribution in [-0.4, -0.2) is 38.0 Å². The number of methoxy groups -OCH3 is 2. The summed E-state index contributed by atoms with van der Waals surface area (Å²) in [7, 11) is 3.17.